The van der Waals surface area contributed by atoms with Crippen molar-refractivity contribution in [1.29, 1.82) is 0 Å². The fraction of sp³-hybridized carbons (Fsp3) is 0.455. The lowest BCUT2D eigenvalue weighted by molar-refractivity contribution is 0.0963. The molecule has 2 heterocycles. The Kier molecular flexibility index (Phi) is 2.07. The normalized spacial score (nSPS) is 23.2. The van der Waals surface area contributed by atoms with Gasteiger partial charge in [-0.25, -0.2) is 0 Å². The molecule has 5 heteroatoms. The molecule has 3 N–H and O–H groups in total. The summed E-state index contributed by atoms with van der Waals surface area (Å²) in [7, 11) is 0. The summed E-state index contributed by atoms with van der Waals surface area (Å²) in [5.74, 6) is -0.161. The van der Waals surface area contributed by atoms with Gasteiger partial charge in [0.15, 0.2) is 11.5 Å². The predicted octanol–water partition coefficient (Wildman–Crippen LogP) is 0.728. The SMILES string of the molecule is Oc1cc2c(cc1O)N1CCOCC1CN2. The molecule has 1 atom stereocenters. The number of rotatable bonds is 0. The van der Waals surface area contributed by atoms with E-state index >= 15 is 0 Å². The van der Waals surface area contributed by atoms with E-state index in [0.29, 0.717) is 19.3 Å². The number of anilines is 2. The van der Waals surface area contributed by atoms with E-state index in [1.54, 1.807) is 12.1 Å². The molecular weight excluding hydrogens is 208 g/mol. The van der Waals surface area contributed by atoms with Crippen molar-refractivity contribution in [3.05, 3.63) is 12.1 Å². The van der Waals surface area contributed by atoms with Crippen LogP contribution in [-0.2, 0) is 4.74 Å². The second-order valence-electron chi connectivity index (χ2n) is 4.16. The Labute approximate surface area is 93.3 Å². The van der Waals surface area contributed by atoms with Crippen molar-refractivity contribution in [1.82, 2.24) is 0 Å². The first-order valence-corrected chi connectivity index (χ1v) is 5.40. The van der Waals surface area contributed by atoms with Crippen molar-refractivity contribution in [2.75, 3.05) is 36.5 Å². The fourth-order valence-electron chi connectivity index (χ4n) is 2.31. The number of benzene rings is 1. The third kappa shape index (κ3) is 1.36. The summed E-state index contributed by atoms with van der Waals surface area (Å²) in [5.41, 5.74) is 1.81. The lowest BCUT2D eigenvalue weighted by Crippen LogP contribution is -2.51. The molecule has 86 valence electrons. The van der Waals surface area contributed by atoms with E-state index in [-0.39, 0.29) is 11.5 Å². The van der Waals surface area contributed by atoms with Crippen LogP contribution in [0.5, 0.6) is 11.5 Å². The molecule has 0 radical (unpaired) electrons. The van der Waals surface area contributed by atoms with Gasteiger partial charge >= 0.3 is 0 Å². The van der Waals surface area contributed by atoms with Gasteiger partial charge in [-0.3, -0.25) is 0 Å². The fourth-order valence-corrected chi connectivity index (χ4v) is 2.31. The molecule has 0 bridgehead atoms. The first-order chi connectivity index (χ1) is 7.75. The van der Waals surface area contributed by atoms with Crippen molar-refractivity contribution in [2.24, 2.45) is 0 Å². The number of morpholine rings is 1. The van der Waals surface area contributed by atoms with Crippen LogP contribution in [0.2, 0.25) is 0 Å². The zero-order valence-corrected chi connectivity index (χ0v) is 8.81. The van der Waals surface area contributed by atoms with Crippen molar-refractivity contribution in [2.45, 2.75) is 6.04 Å². The van der Waals surface area contributed by atoms with E-state index < -0.39 is 0 Å². The Balaban J connectivity index is 2.04. The number of phenols is 2. The highest BCUT2D eigenvalue weighted by molar-refractivity contribution is 5.77. The van der Waals surface area contributed by atoms with Gasteiger partial charge in [-0.1, -0.05) is 0 Å². The Morgan fingerprint density at radius 1 is 1.31 bits per heavy atom. The average molecular weight is 222 g/mol. The van der Waals surface area contributed by atoms with Gasteiger partial charge < -0.3 is 25.2 Å². The number of nitrogens with zero attached hydrogens (tertiary/aromatic N) is 1. The zero-order valence-electron chi connectivity index (χ0n) is 8.81. The largest absolute Gasteiger partial charge is 0.504 e. The molecule has 1 aromatic carbocycles. The molecule has 0 spiro atoms. The quantitative estimate of drug-likeness (QED) is 0.446. The van der Waals surface area contributed by atoms with Crippen LogP contribution in [0, 0.1) is 0 Å². The third-order valence-electron chi connectivity index (χ3n) is 3.16. The topological polar surface area (TPSA) is 65.0 Å². The van der Waals surface area contributed by atoms with Crippen LogP contribution in [0.25, 0.3) is 0 Å². The van der Waals surface area contributed by atoms with Crippen molar-refractivity contribution in [3.8, 4) is 11.5 Å². The second-order valence-corrected chi connectivity index (χ2v) is 4.16. The van der Waals surface area contributed by atoms with Crippen molar-refractivity contribution in [3.63, 3.8) is 0 Å². The summed E-state index contributed by atoms with van der Waals surface area (Å²) in [6, 6.07) is 3.48. The number of fused-ring (bicyclic) bond motifs is 3. The highest BCUT2D eigenvalue weighted by Crippen LogP contribution is 2.40. The Bertz CT molecular complexity index is 422. The average Bonchev–Trinajstić information content (AvgIpc) is 2.31. The monoisotopic (exact) mass is 222 g/mol. The van der Waals surface area contributed by atoms with E-state index in [1.807, 2.05) is 0 Å². The summed E-state index contributed by atoms with van der Waals surface area (Å²) in [6.45, 7) is 3.03. The van der Waals surface area contributed by atoms with Gasteiger partial charge in [0.2, 0.25) is 0 Å². The minimum Gasteiger partial charge on any atom is -0.504 e. The number of ether oxygens (including phenoxy) is 1. The maximum Gasteiger partial charge on any atom is 0.159 e. The number of nitrogens with one attached hydrogen (secondary N) is 1. The molecule has 1 saturated heterocycles. The molecule has 1 unspecified atom stereocenters. The van der Waals surface area contributed by atoms with E-state index in [2.05, 4.69) is 10.2 Å². The van der Waals surface area contributed by atoms with Crippen LogP contribution in [0.1, 0.15) is 0 Å². The summed E-state index contributed by atoms with van der Waals surface area (Å²) >= 11 is 0. The second kappa shape index (κ2) is 3.45. The van der Waals surface area contributed by atoms with Crippen molar-refractivity contribution < 1.29 is 14.9 Å². The van der Waals surface area contributed by atoms with Crippen molar-refractivity contribution >= 4 is 11.4 Å². The van der Waals surface area contributed by atoms with Gasteiger partial charge in [0, 0.05) is 25.2 Å². The minimum absolute atomic E-state index is 0.0762. The first-order valence-electron chi connectivity index (χ1n) is 5.40. The number of phenolic OH excluding ortho intramolecular Hbond substituents is 2. The van der Waals surface area contributed by atoms with Crippen LogP contribution in [0.15, 0.2) is 12.1 Å². The van der Waals surface area contributed by atoms with E-state index in [0.717, 1.165) is 24.5 Å². The molecule has 1 fully saturated rings. The number of aromatic hydroxyl groups is 2. The van der Waals surface area contributed by atoms with Crippen LogP contribution in [-0.4, -0.2) is 42.6 Å². The maximum atomic E-state index is 9.53. The molecule has 2 aliphatic rings. The standard InChI is InChI=1S/C11H14N2O3/c14-10-3-8-9(4-11(10)15)13-1-2-16-6-7(13)5-12-8/h3-4,7,12,14-15H,1-2,5-6H2. The van der Waals surface area contributed by atoms with Gasteiger partial charge in [-0.05, 0) is 0 Å². The Morgan fingerprint density at radius 3 is 3.00 bits per heavy atom. The molecule has 3 rings (SSSR count). The molecule has 2 aliphatic heterocycles. The Morgan fingerprint density at radius 2 is 2.12 bits per heavy atom. The summed E-state index contributed by atoms with van der Waals surface area (Å²) in [6.07, 6.45) is 0. The number of hydrogen-bond donors (Lipinski definition) is 3. The molecule has 0 amide bonds. The van der Waals surface area contributed by atoms with E-state index in [4.69, 9.17) is 4.74 Å². The van der Waals surface area contributed by atoms with Crippen LogP contribution in [0.3, 0.4) is 0 Å². The summed E-state index contributed by atoms with van der Waals surface area (Å²) < 4.78 is 5.41. The molecule has 1 aromatic rings. The number of hydrogen-bond acceptors (Lipinski definition) is 5. The van der Waals surface area contributed by atoms with Crippen LogP contribution >= 0.6 is 0 Å². The van der Waals surface area contributed by atoms with Gasteiger partial charge in [0.25, 0.3) is 0 Å². The zero-order chi connectivity index (χ0) is 11.1. The van der Waals surface area contributed by atoms with Gasteiger partial charge in [-0.2, -0.15) is 0 Å². The van der Waals surface area contributed by atoms with Crippen LogP contribution < -0.4 is 10.2 Å². The molecule has 5 nitrogen and oxygen atoms in total. The van der Waals surface area contributed by atoms with Gasteiger partial charge in [0.1, 0.15) is 0 Å². The van der Waals surface area contributed by atoms with E-state index in [9.17, 15) is 10.2 Å². The van der Waals surface area contributed by atoms with Gasteiger partial charge in [-0.15, -0.1) is 0 Å². The van der Waals surface area contributed by atoms with E-state index in [1.165, 1.54) is 0 Å². The lowest BCUT2D eigenvalue weighted by Gasteiger charge is -2.42. The maximum absolute atomic E-state index is 9.53. The minimum atomic E-state index is -0.0852. The Hall–Kier alpha value is -1.62. The highest BCUT2D eigenvalue weighted by atomic mass is 16.5. The molecule has 0 aliphatic carbocycles. The first kappa shape index (κ1) is 9.59. The highest BCUT2D eigenvalue weighted by Gasteiger charge is 2.29. The third-order valence-corrected chi connectivity index (χ3v) is 3.16. The summed E-state index contributed by atoms with van der Waals surface area (Å²) in [5, 5.41) is 22.2. The lowest BCUT2D eigenvalue weighted by atomic mass is 10.1. The molecular formula is C11H14N2O3. The summed E-state index contributed by atoms with van der Waals surface area (Å²) in [4.78, 5) is 2.22. The van der Waals surface area contributed by atoms with Crippen LogP contribution in [0.4, 0.5) is 11.4 Å². The smallest absolute Gasteiger partial charge is 0.159 e. The molecule has 16 heavy (non-hydrogen) atoms. The van der Waals surface area contributed by atoms with Gasteiger partial charge in [0.05, 0.1) is 30.6 Å². The molecule has 0 aromatic heterocycles. The molecule has 0 saturated carbocycles. The predicted molar refractivity (Wildman–Crippen MR) is 60.2 cm³/mol.